The molecule has 7 nitrogen and oxygen atoms in total. The van der Waals surface area contributed by atoms with Crippen molar-refractivity contribution < 1.29 is 14.3 Å². The molecule has 28 heavy (non-hydrogen) atoms. The van der Waals surface area contributed by atoms with Gasteiger partial charge in [-0.15, -0.1) is 0 Å². The number of rotatable bonds is 8. The minimum Gasteiger partial charge on any atom is -0.462 e. The Morgan fingerprint density at radius 1 is 1.29 bits per heavy atom. The van der Waals surface area contributed by atoms with Crippen LogP contribution in [-0.4, -0.2) is 46.6 Å². The summed E-state index contributed by atoms with van der Waals surface area (Å²) in [6.07, 6.45) is 3.12. The molecule has 0 fully saturated rings. The standard InChI is InChI=1S/C19H25BrN4O3Si/c1-5-27-18(25)14-11-21-24(12-14)19-22-16-7-6-15(20)10-17(16)23(19)13-26-8-9-28(2,3)4/h6-7,10-12H,5,8-9,13H2,1-4H3. The van der Waals surface area contributed by atoms with Gasteiger partial charge in [0.2, 0.25) is 5.95 Å². The van der Waals surface area contributed by atoms with E-state index in [4.69, 9.17) is 9.47 Å². The highest BCUT2D eigenvalue weighted by atomic mass is 79.9. The lowest BCUT2D eigenvalue weighted by Crippen LogP contribution is -2.22. The molecule has 0 saturated heterocycles. The molecule has 3 aromatic rings. The molecule has 2 heterocycles. The quantitative estimate of drug-likeness (QED) is 0.279. The van der Waals surface area contributed by atoms with Crippen molar-refractivity contribution in [3.8, 4) is 5.95 Å². The number of aromatic nitrogens is 4. The Kier molecular flexibility index (Phi) is 6.36. The molecule has 0 aliphatic rings. The number of esters is 1. The number of imidazole rings is 1. The van der Waals surface area contributed by atoms with Crippen molar-refractivity contribution in [2.75, 3.05) is 13.2 Å². The van der Waals surface area contributed by atoms with Crippen LogP contribution in [0.5, 0.6) is 0 Å². The Morgan fingerprint density at radius 2 is 2.07 bits per heavy atom. The van der Waals surface area contributed by atoms with Crippen LogP contribution in [0.4, 0.5) is 0 Å². The fourth-order valence-corrected chi connectivity index (χ4v) is 3.78. The van der Waals surface area contributed by atoms with E-state index in [9.17, 15) is 4.79 Å². The summed E-state index contributed by atoms with van der Waals surface area (Å²) in [5, 5.41) is 4.31. The minimum atomic E-state index is -1.16. The summed E-state index contributed by atoms with van der Waals surface area (Å²) in [5.41, 5.74) is 2.16. The smallest absolute Gasteiger partial charge is 0.341 e. The van der Waals surface area contributed by atoms with E-state index in [-0.39, 0.29) is 0 Å². The largest absolute Gasteiger partial charge is 0.462 e. The SMILES string of the molecule is CCOC(=O)c1cnn(-c2nc3ccc(Br)cc3n2COCC[Si](C)(C)C)c1. The van der Waals surface area contributed by atoms with E-state index >= 15 is 0 Å². The highest BCUT2D eigenvalue weighted by Gasteiger charge is 2.17. The van der Waals surface area contributed by atoms with Crippen molar-refractivity contribution in [3.05, 3.63) is 40.6 Å². The molecule has 0 saturated carbocycles. The number of carbonyl (C=O) groups excluding carboxylic acids is 1. The predicted octanol–water partition coefficient (Wildman–Crippen LogP) is 4.47. The molecule has 0 spiro atoms. The molecular weight excluding hydrogens is 440 g/mol. The number of hydrogen-bond acceptors (Lipinski definition) is 5. The highest BCUT2D eigenvalue weighted by Crippen LogP contribution is 2.23. The number of fused-ring (bicyclic) bond motifs is 1. The summed E-state index contributed by atoms with van der Waals surface area (Å²) in [6, 6.07) is 6.98. The van der Waals surface area contributed by atoms with Crippen LogP contribution >= 0.6 is 15.9 Å². The lowest BCUT2D eigenvalue weighted by molar-refractivity contribution is 0.0526. The van der Waals surface area contributed by atoms with Crippen LogP contribution in [0.2, 0.25) is 25.7 Å². The topological polar surface area (TPSA) is 71.2 Å². The first kappa shape index (κ1) is 20.8. The third-order valence-corrected chi connectivity index (χ3v) is 6.40. The molecule has 2 aromatic heterocycles. The summed E-state index contributed by atoms with van der Waals surface area (Å²) in [5.74, 6) is 0.196. The first-order valence-electron chi connectivity index (χ1n) is 9.24. The Bertz CT molecular complexity index is 977. The van der Waals surface area contributed by atoms with Crippen molar-refractivity contribution >= 4 is 41.0 Å². The van der Waals surface area contributed by atoms with Crippen molar-refractivity contribution in [2.45, 2.75) is 39.3 Å². The van der Waals surface area contributed by atoms with Crippen LogP contribution in [0.15, 0.2) is 35.1 Å². The van der Waals surface area contributed by atoms with Crippen LogP contribution in [-0.2, 0) is 16.2 Å². The van der Waals surface area contributed by atoms with Gasteiger partial charge in [0.05, 0.1) is 29.4 Å². The number of hydrogen-bond donors (Lipinski definition) is 0. The zero-order valence-electron chi connectivity index (χ0n) is 16.6. The van der Waals surface area contributed by atoms with Crippen molar-refractivity contribution in [1.29, 1.82) is 0 Å². The molecule has 0 atom stereocenters. The number of nitrogens with zero attached hydrogens (tertiary/aromatic N) is 4. The molecule has 3 rings (SSSR count). The average Bonchev–Trinajstić information content (AvgIpc) is 3.23. The van der Waals surface area contributed by atoms with E-state index in [1.807, 2.05) is 22.8 Å². The molecule has 0 aliphatic carbocycles. The second-order valence-corrected chi connectivity index (χ2v) is 14.3. The van der Waals surface area contributed by atoms with Gasteiger partial charge in [0, 0.05) is 25.4 Å². The fraction of sp³-hybridized carbons (Fsp3) is 0.421. The Balaban J connectivity index is 1.92. The number of ether oxygens (including phenoxy) is 2. The second kappa shape index (κ2) is 8.58. The van der Waals surface area contributed by atoms with Gasteiger partial charge in [-0.1, -0.05) is 35.6 Å². The molecule has 0 N–H and O–H groups in total. The molecule has 0 radical (unpaired) electrons. The van der Waals surface area contributed by atoms with Gasteiger partial charge in [0.15, 0.2) is 0 Å². The lowest BCUT2D eigenvalue weighted by Gasteiger charge is -2.16. The molecule has 0 amide bonds. The normalized spacial score (nSPS) is 11.9. The third-order valence-electron chi connectivity index (χ3n) is 4.21. The van der Waals surface area contributed by atoms with E-state index in [0.29, 0.717) is 31.5 Å². The zero-order chi connectivity index (χ0) is 20.3. The van der Waals surface area contributed by atoms with Gasteiger partial charge < -0.3 is 9.47 Å². The average molecular weight is 465 g/mol. The van der Waals surface area contributed by atoms with E-state index in [2.05, 4.69) is 45.7 Å². The van der Waals surface area contributed by atoms with Crippen LogP contribution < -0.4 is 0 Å². The van der Waals surface area contributed by atoms with Crippen molar-refractivity contribution in [3.63, 3.8) is 0 Å². The minimum absolute atomic E-state index is 0.321. The predicted molar refractivity (Wildman–Crippen MR) is 115 cm³/mol. The lowest BCUT2D eigenvalue weighted by atomic mass is 10.3. The van der Waals surface area contributed by atoms with E-state index < -0.39 is 14.0 Å². The van der Waals surface area contributed by atoms with Crippen molar-refractivity contribution in [1.82, 2.24) is 19.3 Å². The van der Waals surface area contributed by atoms with Gasteiger partial charge in [-0.25, -0.2) is 14.5 Å². The molecule has 0 bridgehead atoms. The summed E-state index contributed by atoms with van der Waals surface area (Å²) in [7, 11) is -1.16. The number of benzene rings is 1. The van der Waals surface area contributed by atoms with Gasteiger partial charge in [0.25, 0.3) is 0 Å². The third kappa shape index (κ3) is 4.89. The first-order chi connectivity index (χ1) is 13.3. The highest BCUT2D eigenvalue weighted by molar-refractivity contribution is 9.10. The van der Waals surface area contributed by atoms with Gasteiger partial charge in [-0.05, 0) is 31.2 Å². The second-order valence-electron chi connectivity index (χ2n) is 7.71. The van der Waals surface area contributed by atoms with E-state index in [0.717, 1.165) is 21.6 Å². The Labute approximate surface area is 173 Å². The number of halogens is 1. The van der Waals surface area contributed by atoms with Crippen molar-refractivity contribution in [2.24, 2.45) is 0 Å². The Hall–Kier alpha value is -1.97. The maximum absolute atomic E-state index is 12.0. The summed E-state index contributed by atoms with van der Waals surface area (Å²) in [6.45, 7) is 10.1. The summed E-state index contributed by atoms with van der Waals surface area (Å²) >= 11 is 3.52. The van der Waals surface area contributed by atoms with Gasteiger partial charge >= 0.3 is 5.97 Å². The van der Waals surface area contributed by atoms with Crippen LogP contribution in [0.1, 0.15) is 17.3 Å². The maximum Gasteiger partial charge on any atom is 0.341 e. The van der Waals surface area contributed by atoms with Gasteiger partial charge in [0.1, 0.15) is 6.73 Å². The Morgan fingerprint density at radius 3 is 2.79 bits per heavy atom. The molecule has 9 heteroatoms. The molecular formula is C19H25BrN4O3Si. The van der Waals surface area contributed by atoms with Crippen LogP contribution in [0, 0.1) is 0 Å². The zero-order valence-corrected chi connectivity index (χ0v) is 19.2. The summed E-state index contributed by atoms with van der Waals surface area (Å²) < 4.78 is 15.5. The molecule has 1 aromatic carbocycles. The van der Waals surface area contributed by atoms with Gasteiger partial charge in [-0.2, -0.15) is 5.10 Å². The molecule has 150 valence electrons. The molecule has 0 unspecified atom stereocenters. The first-order valence-corrected chi connectivity index (χ1v) is 13.7. The fourth-order valence-electron chi connectivity index (χ4n) is 2.67. The van der Waals surface area contributed by atoms with E-state index in [1.54, 1.807) is 17.8 Å². The molecule has 0 aliphatic heterocycles. The van der Waals surface area contributed by atoms with Crippen LogP contribution in [0.25, 0.3) is 17.0 Å². The summed E-state index contributed by atoms with van der Waals surface area (Å²) in [4.78, 5) is 16.7. The van der Waals surface area contributed by atoms with E-state index in [1.165, 1.54) is 6.20 Å². The van der Waals surface area contributed by atoms with Crippen LogP contribution in [0.3, 0.4) is 0 Å². The number of carbonyl (C=O) groups is 1. The van der Waals surface area contributed by atoms with Gasteiger partial charge in [-0.3, -0.25) is 4.57 Å². The maximum atomic E-state index is 12.0. The monoisotopic (exact) mass is 464 g/mol.